The van der Waals surface area contributed by atoms with Gasteiger partial charge in [0.2, 0.25) is 5.91 Å². The van der Waals surface area contributed by atoms with E-state index in [2.05, 4.69) is 39.8 Å². The Labute approximate surface area is 172 Å². The molecule has 0 spiro atoms. The Morgan fingerprint density at radius 1 is 1.07 bits per heavy atom. The molecule has 29 heavy (non-hydrogen) atoms. The summed E-state index contributed by atoms with van der Waals surface area (Å²) in [6, 6.07) is 9.61. The van der Waals surface area contributed by atoms with Crippen molar-refractivity contribution >= 4 is 23.4 Å². The normalized spacial score (nSPS) is 16.8. The van der Waals surface area contributed by atoms with E-state index >= 15 is 0 Å². The lowest BCUT2D eigenvalue weighted by Crippen LogP contribution is -2.36. The average Bonchev–Trinajstić information content (AvgIpc) is 3.06. The fraction of sp³-hybridized carbons (Fsp3) is 0.478. The maximum Gasteiger partial charge on any atom is 0.354 e. The first kappa shape index (κ1) is 21.1. The summed E-state index contributed by atoms with van der Waals surface area (Å²) in [5, 5.41) is 0. The van der Waals surface area contributed by atoms with Crippen LogP contribution in [0.1, 0.15) is 62.2 Å². The van der Waals surface area contributed by atoms with Crippen LogP contribution in [-0.2, 0) is 27.4 Å². The molecule has 2 aromatic rings. The van der Waals surface area contributed by atoms with E-state index in [-0.39, 0.29) is 23.3 Å². The van der Waals surface area contributed by atoms with Crippen LogP contribution in [0.25, 0.3) is 0 Å². The molecule has 0 unspecified atom stereocenters. The topological polar surface area (TPSA) is 77.6 Å². The molecule has 0 fully saturated rings. The van der Waals surface area contributed by atoms with Crippen LogP contribution in [0.2, 0.25) is 0 Å². The number of esters is 1. The highest BCUT2D eigenvalue weighted by Crippen LogP contribution is 2.47. The summed E-state index contributed by atoms with van der Waals surface area (Å²) in [5.74, 6) is -0.115. The van der Waals surface area contributed by atoms with Crippen LogP contribution in [0.3, 0.4) is 0 Å². The number of hydrogen-bond acceptors (Lipinski definition) is 4. The number of rotatable bonds is 4. The highest BCUT2D eigenvalue weighted by molar-refractivity contribution is 6.02. The molecule has 0 saturated carbocycles. The van der Waals surface area contributed by atoms with Crippen molar-refractivity contribution in [3.8, 4) is 0 Å². The molecule has 6 nitrogen and oxygen atoms in total. The van der Waals surface area contributed by atoms with Gasteiger partial charge in [0.25, 0.3) is 0 Å². The van der Waals surface area contributed by atoms with Gasteiger partial charge in [-0.15, -0.1) is 0 Å². The van der Waals surface area contributed by atoms with Crippen LogP contribution in [0.15, 0.2) is 30.3 Å². The molecule has 3 rings (SSSR count). The first-order chi connectivity index (χ1) is 13.5. The van der Waals surface area contributed by atoms with E-state index in [0.29, 0.717) is 11.5 Å². The Balaban J connectivity index is 2.16. The number of carbonyl (C=O) groups is 2. The number of methoxy groups -OCH3 is 1. The molecule has 1 aromatic carbocycles. The van der Waals surface area contributed by atoms with Gasteiger partial charge in [0.15, 0.2) is 0 Å². The maximum absolute atomic E-state index is 12.8. The van der Waals surface area contributed by atoms with E-state index in [9.17, 15) is 9.59 Å². The second kappa shape index (κ2) is 7.34. The highest BCUT2D eigenvalue weighted by Gasteiger charge is 2.37. The summed E-state index contributed by atoms with van der Waals surface area (Å²) in [5.41, 5.74) is 9.54. The molecule has 0 aliphatic heterocycles. The minimum Gasteiger partial charge on any atom is -0.464 e. The number of ether oxygens (including phenoxy) is 1. The van der Waals surface area contributed by atoms with E-state index in [4.69, 9.17) is 10.5 Å². The predicted molar refractivity (Wildman–Crippen MR) is 115 cm³/mol. The van der Waals surface area contributed by atoms with Crippen molar-refractivity contribution in [2.45, 2.75) is 51.4 Å². The third-order valence-electron chi connectivity index (χ3n) is 6.24. The number of amides is 1. The summed E-state index contributed by atoms with van der Waals surface area (Å²) in [7, 11) is 3.08. The molecule has 0 atom stereocenters. The quantitative estimate of drug-likeness (QED) is 0.797. The van der Waals surface area contributed by atoms with Gasteiger partial charge in [-0.05, 0) is 59.1 Å². The lowest BCUT2D eigenvalue weighted by atomic mass is 9.63. The monoisotopic (exact) mass is 397 g/mol. The minimum atomic E-state index is -0.452. The molecule has 1 aliphatic rings. The van der Waals surface area contributed by atoms with Crippen molar-refractivity contribution in [3.05, 3.63) is 47.2 Å². The fourth-order valence-corrected chi connectivity index (χ4v) is 4.25. The maximum atomic E-state index is 12.8. The Bertz CT molecular complexity index is 956. The summed E-state index contributed by atoms with van der Waals surface area (Å²) in [6.45, 7) is 8.90. The summed E-state index contributed by atoms with van der Waals surface area (Å²) >= 11 is 0. The molecule has 0 bridgehead atoms. The second-order valence-corrected chi connectivity index (χ2v) is 9.06. The van der Waals surface area contributed by atoms with Crippen LogP contribution in [0.5, 0.6) is 0 Å². The van der Waals surface area contributed by atoms with Crippen LogP contribution in [0, 0.1) is 0 Å². The predicted octanol–water partition coefficient (Wildman–Crippen LogP) is 3.78. The largest absolute Gasteiger partial charge is 0.464 e. The number of nitrogens with zero attached hydrogens (tertiary/aromatic N) is 2. The van der Waals surface area contributed by atoms with Gasteiger partial charge in [0, 0.05) is 7.05 Å². The zero-order valence-electron chi connectivity index (χ0n) is 18.2. The number of hydrogen-bond donors (Lipinski definition) is 1. The molecular formula is C23H31N3O3. The van der Waals surface area contributed by atoms with E-state index in [1.54, 1.807) is 28.6 Å². The fourth-order valence-electron chi connectivity index (χ4n) is 4.25. The van der Waals surface area contributed by atoms with Crippen LogP contribution in [-0.4, -0.2) is 30.1 Å². The number of aromatic nitrogens is 1. The molecule has 0 radical (unpaired) electrons. The Kier molecular flexibility index (Phi) is 5.34. The van der Waals surface area contributed by atoms with Crippen LogP contribution >= 0.6 is 0 Å². The van der Waals surface area contributed by atoms with Crippen LogP contribution in [0.4, 0.5) is 11.5 Å². The van der Waals surface area contributed by atoms with Gasteiger partial charge in [0.1, 0.15) is 11.5 Å². The summed E-state index contributed by atoms with van der Waals surface area (Å²) < 4.78 is 6.50. The van der Waals surface area contributed by atoms with Gasteiger partial charge in [-0.1, -0.05) is 33.8 Å². The molecule has 1 amide bonds. The van der Waals surface area contributed by atoms with Gasteiger partial charge in [-0.2, -0.15) is 0 Å². The summed E-state index contributed by atoms with van der Waals surface area (Å²) in [6.07, 6.45) is 2.20. The van der Waals surface area contributed by atoms with Crippen molar-refractivity contribution < 1.29 is 14.3 Å². The molecule has 156 valence electrons. The lowest BCUT2D eigenvalue weighted by molar-refractivity contribution is -0.116. The Morgan fingerprint density at radius 3 is 2.28 bits per heavy atom. The molecule has 2 N–H and O–H groups in total. The molecule has 1 heterocycles. The van der Waals surface area contributed by atoms with E-state index in [1.165, 1.54) is 18.2 Å². The first-order valence-corrected chi connectivity index (χ1v) is 9.95. The Morgan fingerprint density at radius 2 is 1.69 bits per heavy atom. The standard InChI is InChI=1S/C23H31N3O3/c1-22(2)11-12-23(3,4)17-13-15(7-8-16(17)22)26(20(27)14-24)19-10-9-18(25(19)5)21(28)29-6/h7-10,13H,11-12,14,24H2,1-6H3. The van der Waals surface area contributed by atoms with Gasteiger partial charge >= 0.3 is 5.97 Å². The van der Waals surface area contributed by atoms with Crippen LogP contribution < -0.4 is 10.6 Å². The second-order valence-electron chi connectivity index (χ2n) is 9.06. The number of anilines is 2. The van der Waals surface area contributed by atoms with E-state index in [0.717, 1.165) is 18.5 Å². The van der Waals surface area contributed by atoms with Crippen molar-refractivity contribution in [1.82, 2.24) is 4.57 Å². The van der Waals surface area contributed by atoms with Gasteiger partial charge in [-0.3, -0.25) is 9.69 Å². The molecule has 1 aliphatic carbocycles. The van der Waals surface area contributed by atoms with Crippen molar-refractivity contribution in [3.63, 3.8) is 0 Å². The van der Waals surface area contributed by atoms with Gasteiger partial charge in [-0.25, -0.2) is 4.79 Å². The third-order valence-corrected chi connectivity index (χ3v) is 6.24. The number of carbonyl (C=O) groups excluding carboxylic acids is 2. The van der Waals surface area contributed by atoms with Gasteiger partial charge in [0.05, 0.1) is 19.3 Å². The zero-order valence-corrected chi connectivity index (χ0v) is 18.2. The average molecular weight is 398 g/mol. The van der Waals surface area contributed by atoms with Crippen molar-refractivity contribution in [2.75, 3.05) is 18.6 Å². The number of nitrogens with two attached hydrogens (primary N) is 1. The first-order valence-electron chi connectivity index (χ1n) is 9.95. The molecule has 6 heteroatoms. The van der Waals surface area contributed by atoms with Gasteiger partial charge < -0.3 is 15.0 Å². The third kappa shape index (κ3) is 3.57. The SMILES string of the molecule is COC(=O)c1ccc(N(C(=O)CN)c2ccc3c(c2)C(C)(C)CCC3(C)C)n1C. The summed E-state index contributed by atoms with van der Waals surface area (Å²) in [4.78, 5) is 26.5. The van der Waals surface area contributed by atoms with E-state index in [1.807, 2.05) is 6.07 Å². The highest BCUT2D eigenvalue weighted by atomic mass is 16.5. The Hall–Kier alpha value is -2.60. The zero-order chi connectivity index (χ0) is 21.6. The minimum absolute atomic E-state index is 0.0175. The van der Waals surface area contributed by atoms with Crippen molar-refractivity contribution in [2.24, 2.45) is 12.8 Å². The number of benzene rings is 1. The van der Waals surface area contributed by atoms with E-state index < -0.39 is 5.97 Å². The molecule has 0 saturated heterocycles. The lowest BCUT2D eigenvalue weighted by Gasteiger charge is -2.42. The number of fused-ring (bicyclic) bond motifs is 1. The van der Waals surface area contributed by atoms with Crippen molar-refractivity contribution in [1.29, 1.82) is 0 Å². The molecule has 1 aromatic heterocycles. The molecular weight excluding hydrogens is 366 g/mol. The smallest absolute Gasteiger partial charge is 0.354 e.